The van der Waals surface area contributed by atoms with Crippen LogP contribution in [0.25, 0.3) is 10.9 Å². The fourth-order valence-corrected chi connectivity index (χ4v) is 1.63. The van der Waals surface area contributed by atoms with Crippen LogP contribution >= 0.6 is 0 Å². The average molecular weight is 241 g/mol. The summed E-state index contributed by atoms with van der Waals surface area (Å²) in [4.78, 5) is 3.68. The van der Waals surface area contributed by atoms with Crippen molar-refractivity contribution < 1.29 is 13.2 Å². The summed E-state index contributed by atoms with van der Waals surface area (Å²) in [5, 5.41) is 3.00. The Morgan fingerprint density at radius 2 is 2.00 bits per heavy atom. The number of hydrogen-bond acceptors (Lipinski definition) is 3. The summed E-state index contributed by atoms with van der Waals surface area (Å²) in [7, 11) is 0. The molecule has 1 heterocycles. The van der Waals surface area contributed by atoms with Gasteiger partial charge in [-0.2, -0.15) is 0 Å². The molecule has 0 radical (unpaired) electrons. The minimum Gasteiger partial charge on any atom is -0.396 e. The summed E-state index contributed by atoms with van der Waals surface area (Å²) in [6, 6.07) is 0.884. The molecule has 0 atom stereocenters. The Morgan fingerprint density at radius 3 is 2.65 bits per heavy atom. The highest BCUT2D eigenvalue weighted by molar-refractivity contribution is 5.97. The van der Waals surface area contributed by atoms with Crippen LogP contribution < -0.4 is 11.1 Å². The lowest BCUT2D eigenvalue weighted by Gasteiger charge is -2.11. The predicted molar refractivity (Wildman–Crippen MR) is 60.2 cm³/mol. The van der Waals surface area contributed by atoms with Crippen molar-refractivity contribution in [3.8, 4) is 0 Å². The van der Waals surface area contributed by atoms with Gasteiger partial charge in [-0.3, -0.25) is 4.98 Å². The van der Waals surface area contributed by atoms with Gasteiger partial charge in [0.25, 0.3) is 0 Å². The number of nitrogens with one attached hydrogen (secondary N) is 1. The highest BCUT2D eigenvalue weighted by Gasteiger charge is 2.17. The molecule has 0 unspecified atom stereocenters. The summed E-state index contributed by atoms with van der Waals surface area (Å²) in [6.07, 6.45) is 1.21. The zero-order valence-electron chi connectivity index (χ0n) is 9.02. The van der Waals surface area contributed by atoms with Gasteiger partial charge in [0.1, 0.15) is 5.52 Å². The second-order valence-electron chi connectivity index (χ2n) is 3.50. The number of pyridine rings is 1. The van der Waals surface area contributed by atoms with Gasteiger partial charge in [0.15, 0.2) is 17.5 Å². The van der Waals surface area contributed by atoms with Crippen LogP contribution in [0.4, 0.5) is 24.5 Å². The second kappa shape index (κ2) is 4.12. The maximum absolute atomic E-state index is 13.5. The number of rotatable bonds is 2. The first-order valence-electron chi connectivity index (χ1n) is 5.01. The zero-order valence-corrected chi connectivity index (χ0v) is 9.02. The first-order valence-corrected chi connectivity index (χ1v) is 5.01. The van der Waals surface area contributed by atoms with E-state index < -0.39 is 17.5 Å². The molecule has 0 saturated carbocycles. The summed E-state index contributed by atoms with van der Waals surface area (Å²) in [5.41, 5.74) is 6.02. The van der Waals surface area contributed by atoms with Gasteiger partial charge in [-0.25, -0.2) is 13.2 Å². The maximum atomic E-state index is 13.5. The first kappa shape index (κ1) is 11.5. The van der Waals surface area contributed by atoms with E-state index in [-0.39, 0.29) is 16.6 Å². The third-order valence-electron chi connectivity index (χ3n) is 2.38. The minimum atomic E-state index is -1.53. The highest BCUT2D eigenvalue weighted by atomic mass is 19.2. The highest BCUT2D eigenvalue weighted by Crippen LogP contribution is 2.31. The summed E-state index contributed by atoms with van der Waals surface area (Å²) >= 11 is 0. The second-order valence-corrected chi connectivity index (χ2v) is 3.50. The van der Waals surface area contributed by atoms with Crippen LogP contribution in [0.15, 0.2) is 12.3 Å². The number of aromatic nitrogens is 1. The summed E-state index contributed by atoms with van der Waals surface area (Å²) in [6.45, 7) is 2.33. The van der Waals surface area contributed by atoms with Gasteiger partial charge < -0.3 is 11.1 Å². The number of hydrogen-bond donors (Lipinski definition) is 2. The van der Waals surface area contributed by atoms with E-state index in [4.69, 9.17) is 5.73 Å². The van der Waals surface area contributed by atoms with E-state index in [2.05, 4.69) is 10.3 Å². The molecule has 90 valence electrons. The molecule has 2 aromatic rings. The van der Waals surface area contributed by atoms with Crippen LogP contribution in [-0.2, 0) is 0 Å². The molecule has 0 aliphatic heterocycles. The van der Waals surface area contributed by atoms with E-state index in [1.807, 2.05) is 6.92 Å². The standard InChI is InChI=1S/C11H10F3N3/c1-2-16-10-5-3-6(12)8(13)9(14)11(5)17-4-7(10)15/h3-4H,2,15H2,1H3,(H,16,17). The lowest BCUT2D eigenvalue weighted by molar-refractivity contribution is 0.452. The van der Waals surface area contributed by atoms with E-state index in [1.54, 1.807) is 0 Å². The third-order valence-corrected chi connectivity index (χ3v) is 2.38. The molecular weight excluding hydrogens is 231 g/mol. The zero-order chi connectivity index (χ0) is 12.6. The van der Waals surface area contributed by atoms with Crippen LogP contribution in [-0.4, -0.2) is 11.5 Å². The number of anilines is 2. The molecule has 0 saturated heterocycles. The van der Waals surface area contributed by atoms with E-state index in [9.17, 15) is 13.2 Å². The van der Waals surface area contributed by atoms with Crippen molar-refractivity contribution in [2.45, 2.75) is 6.92 Å². The topological polar surface area (TPSA) is 50.9 Å². The molecule has 0 amide bonds. The number of halogens is 3. The molecule has 17 heavy (non-hydrogen) atoms. The Kier molecular flexibility index (Phi) is 2.79. The summed E-state index contributed by atoms with van der Waals surface area (Å²) in [5.74, 6) is -4.10. The number of benzene rings is 1. The molecule has 0 spiro atoms. The van der Waals surface area contributed by atoms with Gasteiger partial charge in [-0.1, -0.05) is 0 Å². The normalized spacial score (nSPS) is 10.8. The van der Waals surface area contributed by atoms with Crippen LogP contribution in [0, 0.1) is 17.5 Å². The minimum absolute atomic E-state index is 0.128. The van der Waals surface area contributed by atoms with Crippen molar-refractivity contribution in [3.63, 3.8) is 0 Å². The Bertz CT molecular complexity index is 584. The Morgan fingerprint density at radius 1 is 1.29 bits per heavy atom. The molecular formula is C11H10F3N3. The van der Waals surface area contributed by atoms with Crippen molar-refractivity contribution in [2.75, 3.05) is 17.6 Å². The quantitative estimate of drug-likeness (QED) is 0.795. The molecule has 0 fully saturated rings. The van der Waals surface area contributed by atoms with Gasteiger partial charge in [0, 0.05) is 11.9 Å². The van der Waals surface area contributed by atoms with Gasteiger partial charge in [-0.15, -0.1) is 0 Å². The number of nitrogens with two attached hydrogens (primary N) is 1. The number of fused-ring (bicyclic) bond motifs is 1. The lowest BCUT2D eigenvalue weighted by atomic mass is 10.1. The predicted octanol–water partition coefficient (Wildman–Crippen LogP) is 2.67. The van der Waals surface area contributed by atoms with Crippen molar-refractivity contribution in [3.05, 3.63) is 29.7 Å². The van der Waals surface area contributed by atoms with Crippen molar-refractivity contribution in [2.24, 2.45) is 0 Å². The van der Waals surface area contributed by atoms with Crippen molar-refractivity contribution in [1.29, 1.82) is 0 Å². The van der Waals surface area contributed by atoms with Crippen LogP contribution in [0.5, 0.6) is 0 Å². The molecule has 3 nitrogen and oxygen atoms in total. The SMILES string of the molecule is CCNc1c(N)cnc2c(F)c(F)c(F)cc12. The first-order chi connectivity index (χ1) is 8.06. The average Bonchev–Trinajstić information content (AvgIpc) is 2.30. The smallest absolute Gasteiger partial charge is 0.196 e. The molecule has 1 aromatic carbocycles. The maximum Gasteiger partial charge on any atom is 0.196 e. The Balaban J connectivity index is 2.85. The van der Waals surface area contributed by atoms with Gasteiger partial charge in [0.05, 0.1) is 17.6 Å². The van der Waals surface area contributed by atoms with E-state index in [0.29, 0.717) is 12.2 Å². The van der Waals surface area contributed by atoms with Gasteiger partial charge >= 0.3 is 0 Å². The fourth-order valence-electron chi connectivity index (χ4n) is 1.63. The number of nitrogen functional groups attached to an aromatic ring is 1. The molecule has 1 aromatic heterocycles. The van der Waals surface area contributed by atoms with E-state index >= 15 is 0 Å². The van der Waals surface area contributed by atoms with Crippen LogP contribution in [0.2, 0.25) is 0 Å². The monoisotopic (exact) mass is 241 g/mol. The van der Waals surface area contributed by atoms with Crippen LogP contribution in [0.3, 0.4) is 0 Å². The molecule has 6 heteroatoms. The molecule has 2 rings (SSSR count). The molecule has 0 bridgehead atoms. The summed E-state index contributed by atoms with van der Waals surface area (Å²) < 4.78 is 39.7. The van der Waals surface area contributed by atoms with Crippen LogP contribution in [0.1, 0.15) is 6.92 Å². The Labute approximate surface area is 95.4 Å². The molecule has 3 N–H and O–H groups in total. The van der Waals surface area contributed by atoms with E-state index in [0.717, 1.165) is 6.07 Å². The Hall–Kier alpha value is -1.98. The van der Waals surface area contributed by atoms with Crippen molar-refractivity contribution in [1.82, 2.24) is 4.98 Å². The van der Waals surface area contributed by atoms with Crippen molar-refractivity contribution >= 4 is 22.3 Å². The van der Waals surface area contributed by atoms with Gasteiger partial charge in [0.2, 0.25) is 0 Å². The lowest BCUT2D eigenvalue weighted by Crippen LogP contribution is -2.04. The number of nitrogens with zero attached hydrogens (tertiary/aromatic N) is 1. The fraction of sp³-hybridized carbons (Fsp3) is 0.182. The van der Waals surface area contributed by atoms with Gasteiger partial charge in [-0.05, 0) is 13.0 Å². The molecule has 0 aliphatic rings. The van der Waals surface area contributed by atoms with E-state index in [1.165, 1.54) is 6.20 Å². The molecule has 0 aliphatic carbocycles. The largest absolute Gasteiger partial charge is 0.396 e. The third kappa shape index (κ3) is 1.75.